The second-order valence-corrected chi connectivity index (χ2v) is 5.79. The molecule has 1 aromatic heterocycles. The number of hydrogen-bond acceptors (Lipinski definition) is 2. The monoisotopic (exact) mass is 289 g/mol. The van der Waals surface area contributed by atoms with Gasteiger partial charge in [0.25, 0.3) is 0 Å². The van der Waals surface area contributed by atoms with Gasteiger partial charge in [-0.05, 0) is 36.2 Å². The molecule has 1 heterocycles. The molecule has 0 aliphatic rings. The van der Waals surface area contributed by atoms with Crippen molar-refractivity contribution in [3.8, 4) is 11.8 Å². The van der Waals surface area contributed by atoms with Crippen molar-refractivity contribution in [2.24, 2.45) is 5.92 Å². The average molecular weight is 289 g/mol. The van der Waals surface area contributed by atoms with Gasteiger partial charge in [-0.15, -0.1) is 0 Å². The minimum absolute atomic E-state index is 0.513. The van der Waals surface area contributed by atoms with Crippen molar-refractivity contribution in [3.05, 3.63) is 59.7 Å². The lowest BCUT2D eigenvalue weighted by Gasteiger charge is -2.09. The molecule has 3 heteroatoms. The summed E-state index contributed by atoms with van der Waals surface area (Å²) in [5.41, 5.74) is 9.98. The van der Waals surface area contributed by atoms with Crippen LogP contribution in [0.15, 0.2) is 48.5 Å². The van der Waals surface area contributed by atoms with E-state index in [4.69, 9.17) is 5.73 Å². The Morgan fingerprint density at radius 1 is 1.05 bits per heavy atom. The van der Waals surface area contributed by atoms with Crippen molar-refractivity contribution >= 4 is 17.0 Å². The van der Waals surface area contributed by atoms with E-state index in [1.807, 2.05) is 42.5 Å². The summed E-state index contributed by atoms with van der Waals surface area (Å²) in [7, 11) is 0. The summed E-state index contributed by atoms with van der Waals surface area (Å²) in [6.45, 7) is 5.20. The van der Waals surface area contributed by atoms with Crippen LogP contribution in [0.2, 0.25) is 0 Å². The van der Waals surface area contributed by atoms with Gasteiger partial charge in [0.1, 0.15) is 0 Å². The highest BCUT2D eigenvalue weighted by Crippen LogP contribution is 2.20. The quantitative estimate of drug-likeness (QED) is 0.731. The van der Waals surface area contributed by atoms with Crippen LogP contribution in [0.3, 0.4) is 0 Å². The molecule has 0 amide bonds. The van der Waals surface area contributed by atoms with E-state index in [0.29, 0.717) is 11.9 Å². The highest BCUT2D eigenvalue weighted by molar-refractivity contribution is 5.80. The minimum atomic E-state index is 0.513. The third-order valence-electron chi connectivity index (χ3n) is 3.45. The van der Waals surface area contributed by atoms with Gasteiger partial charge in [-0.2, -0.15) is 0 Å². The lowest BCUT2D eigenvalue weighted by molar-refractivity contribution is 0.538. The van der Waals surface area contributed by atoms with Gasteiger partial charge < -0.3 is 10.3 Å². The van der Waals surface area contributed by atoms with Crippen LogP contribution >= 0.6 is 0 Å². The Morgan fingerprint density at radius 3 is 2.50 bits per heavy atom. The number of benzene rings is 2. The van der Waals surface area contributed by atoms with Crippen molar-refractivity contribution in [2.45, 2.75) is 20.4 Å². The third kappa shape index (κ3) is 2.96. The fourth-order valence-electron chi connectivity index (χ4n) is 2.44. The number of nitrogens with two attached hydrogens (primary N) is 1. The van der Waals surface area contributed by atoms with E-state index in [1.54, 1.807) is 0 Å². The Morgan fingerprint density at radius 2 is 1.77 bits per heavy atom. The van der Waals surface area contributed by atoms with E-state index in [-0.39, 0.29) is 0 Å². The lowest BCUT2D eigenvalue weighted by Crippen LogP contribution is -2.07. The zero-order valence-corrected chi connectivity index (χ0v) is 12.9. The molecule has 3 nitrogen and oxygen atoms in total. The van der Waals surface area contributed by atoms with Crippen LogP contribution < -0.4 is 5.73 Å². The van der Waals surface area contributed by atoms with Crippen molar-refractivity contribution in [1.82, 2.24) is 9.55 Å². The van der Waals surface area contributed by atoms with Gasteiger partial charge in [0, 0.05) is 17.7 Å². The van der Waals surface area contributed by atoms with E-state index < -0.39 is 0 Å². The summed E-state index contributed by atoms with van der Waals surface area (Å²) < 4.78 is 2.06. The molecule has 0 fully saturated rings. The predicted octanol–water partition coefficient (Wildman–Crippen LogP) is 3.67. The fourth-order valence-corrected chi connectivity index (χ4v) is 2.44. The molecular formula is C19H19N3. The summed E-state index contributed by atoms with van der Waals surface area (Å²) in [6.07, 6.45) is 0. The largest absolute Gasteiger partial charge is 0.369 e. The summed E-state index contributed by atoms with van der Waals surface area (Å²) in [4.78, 5) is 4.42. The molecule has 0 radical (unpaired) electrons. The molecule has 0 aliphatic heterocycles. The molecule has 2 aromatic carbocycles. The number of rotatable bonds is 2. The molecule has 0 saturated heterocycles. The molecular weight excluding hydrogens is 270 g/mol. The van der Waals surface area contributed by atoms with E-state index >= 15 is 0 Å². The first kappa shape index (κ1) is 14.2. The van der Waals surface area contributed by atoms with E-state index in [0.717, 1.165) is 28.7 Å². The number of nitrogen functional groups attached to an aromatic ring is 1. The predicted molar refractivity (Wildman–Crippen MR) is 91.4 cm³/mol. The zero-order valence-electron chi connectivity index (χ0n) is 12.9. The number of imidazole rings is 1. The van der Waals surface area contributed by atoms with Crippen LogP contribution in [-0.2, 0) is 6.54 Å². The molecule has 3 rings (SSSR count). The second-order valence-electron chi connectivity index (χ2n) is 5.79. The second kappa shape index (κ2) is 5.95. The minimum Gasteiger partial charge on any atom is -0.369 e. The van der Waals surface area contributed by atoms with Crippen molar-refractivity contribution in [1.29, 1.82) is 0 Å². The third-order valence-corrected chi connectivity index (χ3v) is 3.45. The molecule has 0 aliphatic carbocycles. The molecule has 3 aromatic rings. The normalized spacial score (nSPS) is 10.7. The maximum atomic E-state index is 6.03. The van der Waals surface area contributed by atoms with Gasteiger partial charge in [-0.25, -0.2) is 4.98 Å². The van der Waals surface area contributed by atoms with E-state index in [9.17, 15) is 0 Å². The highest BCUT2D eigenvalue weighted by atomic mass is 15.1. The van der Waals surface area contributed by atoms with Crippen LogP contribution in [0.1, 0.15) is 25.0 Å². The van der Waals surface area contributed by atoms with Crippen LogP contribution in [0.5, 0.6) is 0 Å². The summed E-state index contributed by atoms with van der Waals surface area (Å²) in [6, 6.07) is 16.0. The van der Waals surface area contributed by atoms with E-state index in [2.05, 4.69) is 41.3 Å². The summed E-state index contributed by atoms with van der Waals surface area (Å²) in [5.74, 6) is 7.47. The van der Waals surface area contributed by atoms with Crippen molar-refractivity contribution in [3.63, 3.8) is 0 Å². The lowest BCUT2D eigenvalue weighted by atomic mass is 10.1. The Balaban J connectivity index is 2.00. The molecule has 22 heavy (non-hydrogen) atoms. The van der Waals surface area contributed by atoms with E-state index in [1.165, 1.54) is 0 Å². The molecule has 0 bridgehead atoms. The van der Waals surface area contributed by atoms with Gasteiger partial charge in [-0.3, -0.25) is 0 Å². The van der Waals surface area contributed by atoms with Gasteiger partial charge in [0.05, 0.1) is 11.0 Å². The molecule has 110 valence electrons. The SMILES string of the molecule is CC(C)Cn1c(N)nc2ccc(C#Cc3ccccc3)cc21. The highest BCUT2D eigenvalue weighted by Gasteiger charge is 2.09. The molecule has 0 saturated carbocycles. The Labute approximate surface area is 130 Å². The number of fused-ring (bicyclic) bond motifs is 1. The first-order chi connectivity index (χ1) is 10.6. The molecule has 0 atom stereocenters. The molecule has 0 unspecified atom stereocenters. The Hall–Kier alpha value is -2.73. The van der Waals surface area contributed by atoms with Gasteiger partial charge in [0.15, 0.2) is 0 Å². The van der Waals surface area contributed by atoms with Gasteiger partial charge >= 0.3 is 0 Å². The summed E-state index contributed by atoms with van der Waals surface area (Å²) >= 11 is 0. The first-order valence-electron chi connectivity index (χ1n) is 7.46. The summed E-state index contributed by atoms with van der Waals surface area (Å²) in [5, 5.41) is 0. The average Bonchev–Trinajstić information content (AvgIpc) is 2.81. The number of nitrogens with zero attached hydrogens (tertiary/aromatic N) is 2. The van der Waals surface area contributed by atoms with Crippen LogP contribution in [-0.4, -0.2) is 9.55 Å². The van der Waals surface area contributed by atoms with Crippen molar-refractivity contribution < 1.29 is 0 Å². The van der Waals surface area contributed by atoms with Gasteiger partial charge in [0.2, 0.25) is 5.95 Å². The number of aromatic nitrogens is 2. The molecule has 0 spiro atoms. The zero-order chi connectivity index (χ0) is 15.5. The van der Waals surface area contributed by atoms with Crippen LogP contribution in [0.25, 0.3) is 11.0 Å². The first-order valence-corrected chi connectivity index (χ1v) is 7.46. The smallest absolute Gasteiger partial charge is 0.201 e. The maximum Gasteiger partial charge on any atom is 0.201 e. The Bertz CT molecular complexity index is 849. The number of hydrogen-bond donors (Lipinski definition) is 1. The Kier molecular flexibility index (Phi) is 3.84. The fraction of sp³-hybridized carbons (Fsp3) is 0.211. The molecule has 2 N–H and O–H groups in total. The van der Waals surface area contributed by atoms with Crippen LogP contribution in [0.4, 0.5) is 5.95 Å². The standard InChI is InChI=1S/C19H19N3/c1-14(2)13-22-18-12-16(10-11-17(18)21-19(22)20)9-8-15-6-4-3-5-7-15/h3-7,10-12,14H,13H2,1-2H3,(H2,20,21). The maximum absolute atomic E-state index is 6.03. The van der Waals surface area contributed by atoms with Crippen molar-refractivity contribution in [2.75, 3.05) is 5.73 Å². The van der Waals surface area contributed by atoms with Gasteiger partial charge in [-0.1, -0.05) is 43.9 Å². The van der Waals surface area contributed by atoms with Crippen LogP contribution in [0, 0.1) is 17.8 Å². The number of anilines is 1. The topological polar surface area (TPSA) is 43.8 Å².